The summed E-state index contributed by atoms with van der Waals surface area (Å²) in [5, 5.41) is 8.02. The van der Waals surface area contributed by atoms with Crippen LogP contribution < -0.4 is 10.6 Å². The van der Waals surface area contributed by atoms with Gasteiger partial charge in [-0.15, -0.1) is 24.0 Å². The van der Waals surface area contributed by atoms with Gasteiger partial charge < -0.3 is 15.6 Å². The summed E-state index contributed by atoms with van der Waals surface area (Å²) in [6, 6.07) is 10.5. The van der Waals surface area contributed by atoms with Gasteiger partial charge in [0.2, 0.25) is 0 Å². The third-order valence-corrected chi connectivity index (χ3v) is 4.38. The van der Waals surface area contributed by atoms with Gasteiger partial charge in [0.05, 0.1) is 6.54 Å². The van der Waals surface area contributed by atoms with Crippen LogP contribution in [0.25, 0.3) is 10.9 Å². The molecule has 1 aromatic heterocycles. The molecule has 1 heterocycles. The maximum absolute atomic E-state index is 4.30. The van der Waals surface area contributed by atoms with Crippen molar-refractivity contribution in [3.05, 3.63) is 47.7 Å². The number of aliphatic imine (C=N–C) groups is 1. The molecule has 0 amide bonds. The molecule has 0 spiro atoms. The molecule has 0 saturated heterocycles. The van der Waals surface area contributed by atoms with E-state index in [4.69, 9.17) is 0 Å². The number of hydrogen-bond donors (Lipinski definition) is 3. The fraction of sp³-hybridized carbons (Fsp3) is 0.421. The van der Waals surface area contributed by atoms with E-state index in [0.717, 1.165) is 25.5 Å². The van der Waals surface area contributed by atoms with Crippen molar-refractivity contribution < 1.29 is 0 Å². The molecule has 2 aromatic rings. The number of nitrogens with zero attached hydrogens (tertiary/aromatic N) is 1. The summed E-state index contributed by atoms with van der Waals surface area (Å²) in [4.78, 5) is 7.73. The van der Waals surface area contributed by atoms with Gasteiger partial charge in [-0.2, -0.15) is 0 Å². The highest BCUT2D eigenvalue weighted by molar-refractivity contribution is 14.0. The first-order chi connectivity index (χ1) is 11.3. The highest BCUT2D eigenvalue weighted by Gasteiger charge is 2.05. The van der Waals surface area contributed by atoms with Crippen molar-refractivity contribution in [2.75, 3.05) is 13.6 Å². The van der Waals surface area contributed by atoms with Crippen LogP contribution in [-0.2, 0) is 6.54 Å². The van der Waals surface area contributed by atoms with Crippen molar-refractivity contribution in [2.24, 2.45) is 4.99 Å². The van der Waals surface area contributed by atoms with Gasteiger partial charge in [-0.05, 0) is 49.6 Å². The summed E-state index contributed by atoms with van der Waals surface area (Å²) >= 11 is 0. The van der Waals surface area contributed by atoms with E-state index in [1.807, 2.05) is 7.05 Å². The van der Waals surface area contributed by atoms with Crippen LogP contribution in [0.1, 0.15) is 37.8 Å². The van der Waals surface area contributed by atoms with Crippen LogP contribution >= 0.6 is 24.0 Å². The van der Waals surface area contributed by atoms with Crippen LogP contribution in [-0.4, -0.2) is 24.5 Å². The number of fused-ring (bicyclic) bond motifs is 1. The number of hydrogen-bond acceptors (Lipinski definition) is 1. The summed E-state index contributed by atoms with van der Waals surface area (Å²) in [6.45, 7) is 1.69. The summed E-state index contributed by atoms with van der Waals surface area (Å²) in [7, 11) is 1.82. The normalized spacial score (nSPS) is 14.9. The van der Waals surface area contributed by atoms with Crippen LogP contribution in [0.15, 0.2) is 47.0 Å². The number of aromatic nitrogens is 1. The Balaban J connectivity index is 0.00000208. The zero-order chi connectivity index (χ0) is 15.9. The Morgan fingerprint density at radius 1 is 1.21 bits per heavy atom. The third kappa shape index (κ3) is 5.26. The van der Waals surface area contributed by atoms with Gasteiger partial charge in [0.1, 0.15) is 0 Å². The van der Waals surface area contributed by atoms with Crippen molar-refractivity contribution in [3.63, 3.8) is 0 Å². The molecular formula is C19H27IN4. The molecule has 3 rings (SSSR count). The van der Waals surface area contributed by atoms with E-state index in [-0.39, 0.29) is 24.0 Å². The zero-order valence-corrected chi connectivity index (χ0v) is 16.6. The van der Waals surface area contributed by atoms with E-state index in [9.17, 15) is 0 Å². The van der Waals surface area contributed by atoms with Crippen LogP contribution in [0, 0.1) is 0 Å². The Labute approximate surface area is 161 Å². The molecule has 0 saturated carbocycles. The van der Waals surface area contributed by atoms with E-state index in [0.29, 0.717) is 0 Å². The molecule has 1 aromatic carbocycles. The lowest BCUT2D eigenvalue weighted by Crippen LogP contribution is -2.37. The van der Waals surface area contributed by atoms with Gasteiger partial charge in [-0.3, -0.25) is 4.99 Å². The average Bonchev–Trinajstić information content (AvgIpc) is 3.01. The van der Waals surface area contributed by atoms with Crippen LogP contribution in [0.5, 0.6) is 0 Å². The van der Waals surface area contributed by atoms with Gasteiger partial charge in [0, 0.05) is 24.8 Å². The van der Waals surface area contributed by atoms with E-state index in [2.05, 4.69) is 57.0 Å². The highest BCUT2D eigenvalue weighted by Crippen LogP contribution is 2.19. The average molecular weight is 438 g/mol. The lowest BCUT2D eigenvalue weighted by Gasteiger charge is -2.15. The van der Waals surface area contributed by atoms with Gasteiger partial charge >= 0.3 is 0 Å². The fourth-order valence-electron chi connectivity index (χ4n) is 3.10. The summed E-state index contributed by atoms with van der Waals surface area (Å²) < 4.78 is 0. The summed E-state index contributed by atoms with van der Waals surface area (Å²) in [6.07, 6.45) is 8.74. The molecule has 0 fully saturated rings. The van der Waals surface area contributed by atoms with Crippen molar-refractivity contribution in [1.29, 1.82) is 0 Å². The first-order valence-electron chi connectivity index (χ1n) is 8.54. The number of nitrogens with one attached hydrogen (secondary N) is 3. The summed E-state index contributed by atoms with van der Waals surface area (Å²) in [5.41, 5.74) is 3.94. The predicted octanol–water partition coefficient (Wildman–Crippen LogP) is 4.34. The minimum Gasteiger partial charge on any atom is -0.357 e. The van der Waals surface area contributed by atoms with E-state index in [1.54, 1.807) is 5.57 Å². The van der Waals surface area contributed by atoms with Crippen molar-refractivity contribution in [3.8, 4) is 0 Å². The van der Waals surface area contributed by atoms with Crippen molar-refractivity contribution >= 4 is 40.8 Å². The quantitative estimate of drug-likeness (QED) is 0.282. The number of halogens is 1. The molecule has 0 unspecified atom stereocenters. The molecule has 1 aliphatic rings. The summed E-state index contributed by atoms with van der Waals surface area (Å²) in [5.74, 6) is 0.861. The largest absolute Gasteiger partial charge is 0.357 e. The molecule has 5 heteroatoms. The second-order valence-corrected chi connectivity index (χ2v) is 6.09. The molecule has 24 heavy (non-hydrogen) atoms. The zero-order valence-electron chi connectivity index (χ0n) is 14.3. The lowest BCUT2D eigenvalue weighted by molar-refractivity contribution is 0.665. The molecule has 1 aliphatic carbocycles. The maximum atomic E-state index is 4.30. The number of rotatable bonds is 5. The number of guanidine groups is 1. The number of benzene rings is 1. The first-order valence-corrected chi connectivity index (χ1v) is 8.54. The Morgan fingerprint density at radius 2 is 2.08 bits per heavy atom. The van der Waals surface area contributed by atoms with Gasteiger partial charge in [-0.25, -0.2) is 0 Å². The first kappa shape index (κ1) is 18.8. The molecular weight excluding hydrogens is 411 g/mol. The molecule has 3 N–H and O–H groups in total. The molecule has 0 atom stereocenters. The SMILES string of the molecule is CN=C(NCCC1=CCCCC1)NCc1cc2ccccc2[nH]1.I. The molecule has 130 valence electrons. The Kier molecular flexibility index (Phi) is 7.62. The number of allylic oxidation sites excluding steroid dienone is 1. The fourth-order valence-corrected chi connectivity index (χ4v) is 3.10. The van der Waals surface area contributed by atoms with Crippen molar-refractivity contribution in [1.82, 2.24) is 15.6 Å². The van der Waals surface area contributed by atoms with Crippen LogP contribution in [0.4, 0.5) is 0 Å². The maximum Gasteiger partial charge on any atom is 0.191 e. The smallest absolute Gasteiger partial charge is 0.191 e. The standard InChI is InChI=1S/C19H26N4.HI/c1-20-19(21-12-11-15-7-3-2-4-8-15)22-14-17-13-16-9-5-6-10-18(16)23-17;/h5-7,9-10,13,23H,2-4,8,11-12,14H2,1H3,(H2,20,21,22);1H. The number of aromatic amines is 1. The van der Waals surface area contributed by atoms with Gasteiger partial charge in [-0.1, -0.05) is 29.8 Å². The number of H-pyrrole nitrogens is 1. The monoisotopic (exact) mass is 438 g/mol. The Morgan fingerprint density at radius 3 is 2.83 bits per heavy atom. The molecule has 0 radical (unpaired) electrons. The van der Waals surface area contributed by atoms with Crippen LogP contribution in [0.3, 0.4) is 0 Å². The topological polar surface area (TPSA) is 52.2 Å². The van der Waals surface area contributed by atoms with E-state index in [1.165, 1.54) is 42.3 Å². The van der Waals surface area contributed by atoms with Crippen LogP contribution in [0.2, 0.25) is 0 Å². The number of para-hydroxylation sites is 1. The minimum absolute atomic E-state index is 0. The third-order valence-electron chi connectivity index (χ3n) is 4.38. The predicted molar refractivity (Wildman–Crippen MR) is 113 cm³/mol. The molecule has 4 nitrogen and oxygen atoms in total. The van der Waals surface area contributed by atoms with E-state index < -0.39 is 0 Å². The van der Waals surface area contributed by atoms with Gasteiger partial charge in [0.15, 0.2) is 5.96 Å². The van der Waals surface area contributed by atoms with Crippen molar-refractivity contribution in [2.45, 2.75) is 38.6 Å². The minimum atomic E-state index is 0. The van der Waals surface area contributed by atoms with E-state index >= 15 is 0 Å². The molecule has 0 bridgehead atoms. The highest BCUT2D eigenvalue weighted by atomic mass is 127. The lowest BCUT2D eigenvalue weighted by atomic mass is 9.97. The van der Waals surface area contributed by atoms with Gasteiger partial charge in [0.25, 0.3) is 0 Å². The Hall–Kier alpha value is -1.50. The molecule has 0 aliphatic heterocycles. The second kappa shape index (κ2) is 9.71. The Bertz CT molecular complexity index is 669. The second-order valence-electron chi connectivity index (χ2n) is 6.09.